The van der Waals surface area contributed by atoms with Gasteiger partial charge in [-0.3, -0.25) is 9.59 Å². The molecule has 1 aromatic heterocycles. The zero-order chi connectivity index (χ0) is 23.4. The fourth-order valence-corrected chi connectivity index (χ4v) is 4.21. The number of ether oxygens (including phenoxy) is 2. The second-order valence-corrected chi connectivity index (χ2v) is 8.86. The van der Waals surface area contributed by atoms with Gasteiger partial charge in [0.1, 0.15) is 11.4 Å². The highest BCUT2D eigenvalue weighted by Gasteiger charge is 2.30. The van der Waals surface area contributed by atoms with Crippen molar-refractivity contribution < 1.29 is 19.1 Å². The van der Waals surface area contributed by atoms with E-state index in [1.165, 1.54) is 0 Å². The van der Waals surface area contributed by atoms with Crippen molar-refractivity contribution in [1.82, 2.24) is 9.88 Å². The highest BCUT2D eigenvalue weighted by atomic mass is 35.5. The van der Waals surface area contributed by atoms with Gasteiger partial charge in [-0.15, -0.1) is 0 Å². The van der Waals surface area contributed by atoms with Crippen molar-refractivity contribution in [2.45, 2.75) is 38.8 Å². The molecule has 1 aliphatic heterocycles. The van der Waals surface area contributed by atoms with E-state index in [1.54, 1.807) is 24.3 Å². The van der Waals surface area contributed by atoms with Gasteiger partial charge in [-0.05, 0) is 75.2 Å². The molecule has 2 heterocycles. The fraction of sp³-hybridized carbons (Fsp3) is 0.360. The van der Waals surface area contributed by atoms with Gasteiger partial charge >= 0.3 is 0 Å². The average Bonchev–Trinajstić information content (AvgIpc) is 3.40. The van der Waals surface area contributed by atoms with E-state index in [0.717, 1.165) is 30.4 Å². The number of nitrogens with zero attached hydrogens (tertiary/aromatic N) is 1. The van der Waals surface area contributed by atoms with Gasteiger partial charge in [-0.1, -0.05) is 11.6 Å². The number of nitrogens with one attached hydrogen (secondary N) is 2. The van der Waals surface area contributed by atoms with E-state index in [4.69, 9.17) is 21.1 Å². The highest BCUT2D eigenvalue weighted by Crippen LogP contribution is 2.26. The molecular formula is C25H28ClN3O4. The van der Waals surface area contributed by atoms with Crippen LogP contribution in [-0.4, -0.2) is 41.7 Å². The maximum atomic E-state index is 12.9. The van der Waals surface area contributed by atoms with Crippen LogP contribution in [0.3, 0.4) is 0 Å². The van der Waals surface area contributed by atoms with Gasteiger partial charge in [0.2, 0.25) is 0 Å². The number of aromatic nitrogens is 1. The first-order valence-electron chi connectivity index (χ1n) is 11.1. The van der Waals surface area contributed by atoms with Gasteiger partial charge < -0.3 is 24.7 Å². The third kappa shape index (κ3) is 5.49. The molecule has 33 heavy (non-hydrogen) atoms. The second kappa shape index (κ2) is 9.85. The van der Waals surface area contributed by atoms with Gasteiger partial charge in [0.25, 0.3) is 11.8 Å². The molecule has 3 aromatic rings. The van der Waals surface area contributed by atoms with Gasteiger partial charge in [0.05, 0.1) is 5.60 Å². The maximum Gasteiger partial charge on any atom is 0.268 e. The lowest BCUT2D eigenvalue weighted by molar-refractivity contribution is -0.118. The molecule has 1 aliphatic rings. The van der Waals surface area contributed by atoms with E-state index in [9.17, 15) is 9.59 Å². The van der Waals surface area contributed by atoms with Crippen molar-refractivity contribution in [2.24, 2.45) is 0 Å². The molecule has 0 radical (unpaired) electrons. The Labute approximate surface area is 198 Å². The number of hydrogen-bond donors (Lipinski definition) is 2. The lowest BCUT2D eigenvalue weighted by Gasteiger charge is -2.23. The van der Waals surface area contributed by atoms with E-state index >= 15 is 0 Å². The molecule has 2 N–H and O–H groups in total. The number of aryl methyl sites for hydroxylation is 1. The summed E-state index contributed by atoms with van der Waals surface area (Å²) in [6.07, 6.45) is 1.95. The summed E-state index contributed by atoms with van der Waals surface area (Å²) in [5.74, 6) is 0.159. The number of fused-ring (bicyclic) bond motifs is 1. The lowest BCUT2D eigenvalue weighted by Crippen LogP contribution is -2.40. The molecule has 4 rings (SSSR count). The van der Waals surface area contributed by atoms with Crippen LogP contribution in [-0.2, 0) is 16.1 Å². The predicted octanol–water partition coefficient (Wildman–Crippen LogP) is 4.63. The van der Waals surface area contributed by atoms with Crippen LogP contribution in [0.25, 0.3) is 10.9 Å². The lowest BCUT2D eigenvalue weighted by atomic mass is 10.0. The van der Waals surface area contributed by atoms with E-state index in [0.29, 0.717) is 35.2 Å². The Balaban J connectivity index is 1.43. The normalized spacial score (nSPS) is 17.8. The molecule has 174 valence electrons. The van der Waals surface area contributed by atoms with Crippen LogP contribution in [0.1, 0.15) is 37.2 Å². The summed E-state index contributed by atoms with van der Waals surface area (Å²) in [5, 5.41) is 7.34. The first-order valence-corrected chi connectivity index (χ1v) is 11.5. The summed E-state index contributed by atoms with van der Waals surface area (Å²) in [5.41, 5.74) is 1.86. The first kappa shape index (κ1) is 23.1. The topological polar surface area (TPSA) is 81.6 Å². The molecule has 7 nitrogen and oxygen atoms in total. The standard InChI is InChI=1S/C25H28ClN3O4/c1-3-29-21-10-7-19(28-23(30)15-32-20-8-5-18(26)6-9-20)13-17(21)14-22(29)24(31)27-16-25(2)11-4-12-33-25/h5-10,13-14H,3-4,11-12,15-16H2,1-2H3,(H,27,31)(H,28,30)/t25-/m1/s1. The molecule has 1 fully saturated rings. The molecule has 1 saturated heterocycles. The molecule has 8 heteroatoms. The zero-order valence-electron chi connectivity index (χ0n) is 18.8. The minimum Gasteiger partial charge on any atom is -0.484 e. The second-order valence-electron chi connectivity index (χ2n) is 8.42. The predicted molar refractivity (Wildman–Crippen MR) is 129 cm³/mol. The Kier molecular flexibility index (Phi) is 6.91. The van der Waals surface area contributed by atoms with Crippen LogP contribution in [0.4, 0.5) is 5.69 Å². The molecule has 0 spiro atoms. The summed E-state index contributed by atoms with van der Waals surface area (Å²) in [6, 6.07) is 14.3. The summed E-state index contributed by atoms with van der Waals surface area (Å²) in [4.78, 5) is 25.2. The van der Waals surface area contributed by atoms with Gasteiger partial charge in [-0.2, -0.15) is 0 Å². The van der Waals surface area contributed by atoms with E-state index in [-0.39, 0.29) is 24.0 Å². The Morgan fingerprint density at radius 2 is 1.97 bits per heavy atom. The Hall–Kier alpha value is -3.03. The molecule has 0 bridgehead atoms. The summed E-state index contributed by atoms with van der Waals surface area (Å²) >= 11 is 5.86. The quantitative estimate of drug-likeness (QED) is 0.504. The Morgan fingerprint density at radius 1 is 1.18 bits per heavy atom. The Bertz CT molecular complexity index is 1150. The highest BCUT2D eigenvalue weighted by molar-refractivity contribution is 6.30. The zero-order valence-corrected chi connectivity index (χ0v) is 19.6. The number of anilines is 1. The monoisotopic (exact) mass is 469 g/mol. The van der Waals surface area contributed by atoms with Crippen LogP contribution in [0, 0.1) is 0 Å². The minimum absolute atomic E-state index is 0.121. The smallest absolute Gasteiger partial charge is 0.268 e. The molecule has 2 amide bonds. The average molecular weight is 470 g/mol. The first-order chi connectivity index (χ1) is 15.9. The van der Waals surface area contributed by atoms with Crippen molar-refractivity contribution >= 4 is 40.0 Å². The Morgan fingerprint density at radius 3 is 2.67 bits per heavy atom. The number of benzene rings is 2. The van der Waals surface area contributed by atoms with E-state index < -0.39 is 0 Å². The SMILES string of the molecule is CCn1c(C(=O)NC[C@@]2(C)CCCO2)cc2cc(NC(=O)COc3ccc(Cl)cc3)ccc21. The minimum atomic E-state index is -0.301. The van der Waals surface area contributed by atoms with Crippen molar-refractivity contribution in [3.8, 4) is 5.75 Å². The van der Waals surface area contributed by atoms with Crippen LogP contribution in [0.15, 0.2) is 48.5 Å². The summed E-state index contributed by atoms with van der Waals surface area (Å²) in [6.45, 7) is 5.78. The summed E-state index contributed by atoms with van der Waals surface area (Å²) in [7, 11) is 0. The van der Waals surface area contributed by atoms with Gasteiger partial charge in [0.15, 0.2) is 6.61 Å². The van der Waals surface area contributed by atoms with Crippen molar-refractivity contribution in [3.63, 3.8) is 0 Å². The van der Waals surface area contributed by atoms with Crippen LogP contribution < -0.4 is 15.4 Å². The number of carbonyl (C=O) groups is 2. The largest absolute Gasteiger partial charge is 0.484 e. The van der Waals surface area contributed by atoms with Crippen molar-refractivity contribution in [2.75, 3.05) is 25.1 Å². The number of hydrogen-bond acceptors (Lipinski definition) is 4. The molecular weight excluding hydrogens is 442 g/mol. The molecule has 0 aliphatic carbocycles. The number of rotatable bonds is 8. The third-order valence-corrected chi connectivity index (χ3v) is 6.09. The molecule has 0 unspecified atom stereocenters. The fourth-order valence-electron chi connectivity index (χ4n) is 4.09. The van der Waals surface area contributed by atoms with Crippen LogP contribution in [0.2, 0.25) is 5.02 Å². The van der Waals surface area contributed by atoms with Gasteiger partial charge in [0, 0.05) is 41.3 Å². The number of amides is 2. The van der Waals surface area contributed by atoms with Gasteiger partial charge in [-0.25, -0.2) is 0 Å². The molecule has 2 aromatic carbocycles. The van der Waals surface area contributed by atoms with E-state index in [2.05, 4.69) is 10.6 Å². The molecule has 1 atom stereocenters. The van der Waals surface area contributed by atoms with Crippen LogP contribution >= 0.6 is 11.6 Å². The third-order valence-electron chi connectivity index (χ3n) is 5.84. The maximum absolute atomic E-state index is 12.9. The van der Waals surface area contributed by atoms with Crippen molar-refractivity contribution in [1.29, 1.82) is 0 Å². The van der Waals surface area contributed by atoms with Crippen LogP contribution in [0.5, 0.6) is 5.75 Å². The van der Waals surface area contributed by atoms with E-state index in [1.807, 2.05) is 42.7 Å². The number of halogens is 1. The summed E-state index contributed by atoms with van der Waals surface area (Å²) < 4.78 is 13.2. The van der Waals surface area contributed by atoms with Crippen molar-refractivity contribution in [3.05, 3.63) is 59.2 Å². The number of carbonyl (C=O) groups excluding carboxylic acids is 2. The molecule has 0 saturated carbocycles.